The molecule has 1 aliphatic carbocycles. The number of pyridine rings is 1. The number of guanidine groups is 2. The fraction of sp³-hybridized carbons (Fsp3) is 0.364. The topological polar surface area (TPSA) is 123 Å². The second-order valence-corrected chi connectivity index (χ2v) is 7.78. The van der Waals surface area contributed by atoms with Crippen LogP contribution in [0, 0.1) is 0 Å². The third kappa shape index (κ3) is 4.34. The lowest BCUT2D eigenvalue weighted by molar-refractivity contribution is 0.165. The predicted octanol–water partition coefficient (Wildman–Crippen LogP) is 2.76. The van der Waals surface area contributed by atoms with Crippen LogP contribution in [0.4, 0.5) is 17.3 Å². The van der Waals surface area contributed by atoms with Gasteiger partial charge in [0.15, 0.2) is 23.1 Å². The van der Waals surface area contributed by atoms with Gasteiger partial charge < -0.3 is 34.9 Å². The maximum atomic E-state index is 6.05. The third-order valence-electron chi connectivity index (χ3n) is 5.47. The highest BCUT2D eigenvalue weighted by molar-refractivity contribution is 6.07. The minimum absolute atomic E-state index is 0.0450. The summed E-state index contributed by atoms with van der Waals surface area (Å²) in [6.45, 7) is 5.30. The van der Waals surface area contributed by atoms with E-state index in [1.165, 1.54) is 0 Å². The smallest absolute Gasteiger partial charge is 0.229 e. The van der Waals surface area contributed by atoms with E-state index in [0.29, 0.717) is 53.7 Å². The van der Waals surface area contributed by atoms with Crippen molar-refractivity contribution in [1.82, 2.24) is 4.98 Å². The zero-order valence-electron chi connectivity index (χ0n) is 18.5. The van der Waals surface area contributed by atoms with Gasteiger partial charge in [0.05, 0.1) is 13.7 Å². The van der Waals surface area contributed by atoms with Gasteiger partial charge in [-0.1, -0.05) is 0 Å². The molecule has 0 amide bonds. The van der Waals surface area contributed by atoms with Gasteiger partial charge in [0.2, 0.25) is 17.7 Å². The summed E-state index contributed by atoms with van der Waals surface area (Å²) < 4.78 is 22.8. The van der Waals surface area contributed by atoms with E-state index in [1.807, 2.05) is 12.1 Å². The quantitative estimate of drug-likeness (QED) is 0.481. The average molecular weight is 451 g/mol. The van der Waals surface area contributed by atoms with Crippen LogP contribution < -0.4 is 34.9 Å². The molecule has 5 rings (SSSR count). The Morgan fingerprint density at radius 3 is 2.76 bits per heavy atom. The molecule has 3 N–H and O–H groups in total. The van der Waals surface area contributed by atoms with Crippen LogP contribution in [0.3, 0.4) is 0 Å². The number of nitrogens with one attached hydrogen (secondary N) is 3. The zero-order valence-corrected chi connectivity index (χ0v) is 18.5. The van der Waals surface area contributed by atoms with Crippen LogP contribution >= 0.6 is 0 Å². The van der Waals surface area contributed by atoms with Crippen LogP contribution in [0.15, 0.2) is 39.2 Å². The standard InChI is InChI=1S/C22H25N7O4/c1-23-20(26-13-10-15(30-3)18-16(11-13)31-8-9-32-18)29-21(24-2)28-17-5-4-14-19(27-17)25-12-22(33-14)6-7-22/h4-5,10-11H,1,6-9,12H2,2-3H3,(H3,24,25,26,27,28,29). The van der Waals surface area contributed by atoms with E-state index in [2.05, 4.69) is 42.6 Å². The van der Waals surface area contributed by atoms with Gasteiger partial charge in [-0.2, -0.15) is 4.99 Å². The SMILES string of the molecule is C=NC(=NC(=NC)Nc1ccc2c(n1)NCC1(CC1)O2)Nc1cc(OC)c2c(c1)OCCO2. The lowest BCUT2D eigenvalue weighted by Gasteiger charge is -2.26. The van der Waals surface area contributed by atoms with Gasteiger partial charge in [0.25, 0.3) is 0 Å². The molecule has 0 bridgehead atoms. The second kappa shape index (κ2) is 8.49. The highest BCUT2D eigenvalue weighted by Crippen LogP contribution is 2.45. The molecule has 2 aliphatic heterocycles. The number of aromatic nitrogens is 1. The van der Waals surface area contributed by atoms with E-state index in [4.69, 9.17) is 18.9 Å². The van der Waals surface area contributed by atoms with E-state index in [9.17, 15) is 0 Å². The van der Waals surface area contributed by atoms with Crippen molar-refractivity contribution in [2.45, 2.75) is 18.4 Å². The second-order valence-electron chi connectivity index (χ2n) is 7.78. The normalized spacial score (nSPS) is 17.9. The number of fused-ring (bicyclic) bond motifs is 2. The third-order valence-corrected chi connectivity index (χ3v) is 5.47. The first kappa shape index (κ1) is 20.9. The summed E-state index contributed by atoms with van der Waals surface area (Å²) in [6.07, 6.45) is 2.14. The number of hydrogen-bond acceptors (Lipinski definition) is 7. The Hall–Kier alpha value is -4.02. The van der Waals surface area contributed by atoms with Gasteiger partial charge in [0.1, 0.15) is 24.6 Å². The van der Waals surface area contributed by atoms with Gasteiger partial charge in [-0.05, 0) is 31.7 Å². The molecule has 0 atom stereocenters. The van der Waals surface area contributed by atoms with Crippen molar-refractivity contribution in [2.24, 2.45) is 15.0 Å². The van der Waals surface area contributed by atoms with Crippen LogP contribution in [0.5, 0.6) is 23.0 Å². The zero-order chi connectivity index (χ0) is 22.8. The molecule has 33 heavy (non-hydrogen) atoms. The molecule has 11 nitrogen and oxygen atoms in total. The summed E-state index contributed by atoms with van der Waals surface area (Å²) >= 11 is 0. The van der Waals surface area contributed by atoms with Gasteiger partial charge in [-0.3, -0.25) is 4.99 Å². The van der Waals surface area contributed by atoms with Crippen LogP contribution in [0.25, 0.3) is 0 Å². The number of nitrogens with zero attached hydrogens (tertiary/aromatic N) is 4. The average Bonchev–Trinajstić information content (AvgIpc) is 3.60. The Morgan fingerprint density at radius 1 is 1.15 bits per heavy atom. The number of ether oxygens (including phenoxy) is 4. The van der Waals surface area contributed by atoms with E-state index >= 15 is 0 Å². The molecule has 1 fully saturated rings. The summed E-state index contributed by atoms with van der Waals surface area (Å²) in [5, 5.41) is 9.54. The molecule has 1 spiro atoms. The summed E-state index contributed by atoms with van der Waals surface area (Å²) in [5.74, 6) is 4.25. The maximum absolute atomic E-state index is 6.05. The van der Waals surface area contributed by atoms with Gasteiger partial charge in [-0.15, -0.1) is 0 Å². The summed E-state index contributed by atoms with van der Waals surface area (Å²) in [4.78, 5) is 17.2. The van der Waals surface area contributed by atoms with Gasteiger partial charge in [0, 0.05) is 24.9 Å². The Balaban J connectivity index is 1.32. The molecular weight excluding hydrogens is 426 g/mol. The summed E-state index contributed by atoms with van der Waals surface area (Å²) in [7, 11) is 3.19. The Kier molecular flexibility index (Phi) is 5.37. The molecule has 0 unspecified atom stereocenters. The first-order valence-electron chi connectivity index (χ1n) is 10.6. The Labute approximate surface area is 190 Å². The molecule has 172 valence electrons. The van der Waals surface area contributed by atoms with Crippen molar-refractivity contribution in [3.05, 3.63) is 24.3 Å². The van der Waals surface area contributed by atoms with E-state index in [1.54, 1.807) is 26.3 Å². The van der Waals surface area contributed by atoms with Gasteiger partial charge >= 0.3 is 0 Å². The van der Waals surface area contributed by atoms with Crippen molar-refractivity contribution >= 4 is 36.0 Å². The lowest BCUT2D eigenvalue weighted by atomic mass is 10.2. The molecule has 11 heteroatoms. The fourth-order valence-corrected chi connectivity index (χ4v) is 3.58. The fourth-order valence-electron chi connectivity index (χ4n) is 3.58. The molecule has 1 aromatic heterocycles. The van der Waals surface area contributed by atoms with Crippen LogP contribution in [-0.2, 0) is 0 Å². The molecule has 3 aliphatic rings. The molecule has 2 aromatic rings. The number of benzene rings is 1. The number of hydrogen-bond donors (Lipinski definition) is 3. The molecule has 3 heterocycles. The van der Waals surface area contributed by atoms with Crippen molar-refractivity contribution in [1.29, 1.82) is 0 Å². The highest BCUT2D eigenvalue weighted by atomic mass is 16.6. The maximum Gasteiger partial charge on any atom is 0.229 e. The number of methoxy groups -OCH3 is 1. The van der Waals surface area contributed by atoms with Crippen molar-refractivity contribution in [3.8, 4) is 23.0 Å². The van der Waals surface area contributed by atoms with Gasteiger partial charge in [-0.25, -0.2) is 9.98 Å². The van der Waals surface area contributed by atoms with Crippen LogP contribution in [0.1, 0.15) is 12.8 Å². The highest BCUT2D eigenvalue weighted by Gasteiger charge is 2.48. The molecule has 1 aromatic carbocycles. The van der Waals surface area contributed by atoms with E-state index < -0.39 is 0 Å². The summed E-state index contributed by atoms with van der Waals surface area (Å²) in [6, 6.07) is 7.27. The largest absolute Gasteiger partial charge is 0.493 e. The monoisotopic (exact) mass is 451 g/mol. The van der Waals surface area contributed by atoms with Crippen molar-refractivity contribution < 1.29 is 18.9 Å². The summed E-state index contributed by atoms with van der Waals surface area (Å²) in [5.41, 5.74) is 0.608. The lowest BCUT2D eigenvalue weighted by Crippen LogP contribution is -2.33. The minimum atomic E-state index is -0.0450. The van der Waals surface area contributed by atoms with Crippen LogP contribution in [0.2, 0.25) is 0 Å². The van der Waals surface area contributed by atoms with Crippen LogP contribution in [-0.4, -0.2) is 63.1 Å². The number of aliphatic imine (C=N–C) groups is 3. The molecular formula is C22H25N7O4. The Morgan fingerprint density at radius 2 is 2.00 bits per heavy atom. The predicted molar refractivity (Wildman–Crippen MR) is 127 cm³/mol. The van der Waals surface area contributed by atoms with Crippen molar-refractivity contribution in [3.63, 3.8) is 0 Å². The van der Waals surface area contributed by atoms with Crippen molar-refractivity contribution in [2.75, 3.05) is 49.9 Å². The number of rotatable bonds is 3. The molecule has 0 radical (unpaired) electrons. The first-order chi connectivity index (χ1) is 16.1. The van der Waals surface area contributed by atoms with E-state index in [-0.39, 0.29) is 11.6 Å². The molecule has 0 saturated heterocycles. The van der Waals surface area contributed by atoms with E-state index in [0.717, 1.165) is 25.1 Å². The minimum Gasteiger partial charge on any atom is -0.493 e. The first-order valence-corrected chi connectivity index (χ1v) is 10.6. The Bertz CT molecular complexity index is 1130. The number of anilines is 3. The molecule has 1 saturated carbocycles.